The zero-order valence-corrected chi connectivity index (χ0v) is 11.6. The van der Waals surface area contributed by atoms with Crippen LogP contribution in [0.2, 0.25) is 0 Å². The average molecular weight is 253 g/mol. The zero-order valence-electron chi connectivity index (χ0n) is 11.6. The molecule has 1 heterocycles. The van der Waals surface area contributed by atoms with Crippen molar-refractivity contribution in [2.24, 2.45) is 5.92 Å². The van der Waals surface area contributed by atoms with E-state index in [0.29, 0.717) is 25.0 Å². The van der Waals surface area contributed by atoms with Gasteiger partial charge in [-0.25, -0.2) is 4.98 Å². The highest BCUT2D eigenvalue weighted by molar-refractivity contribution is 5.30. The first-order chi connectivity index (χ1) is 8.52. The number of nitrogens with one attached hydrogen (secondary N) is 1. The minimum absolute atomic E-state index is 0.207. The maximum absolute atomic E-state index is 9.72. The van der Waals surface area contributed by atoms with Crippen LogP contribution in [-0.2, 0) is 0 Å². The molecular formula is C13H23N3O2. The molecule has 5 nitrogen and oxygen atoms in total. The van der Waals surface area contributed by atoms with Crippen LogP contribution < -0.4 is 10.1 Å². The van der Waals surface area contributed by atoms with Gasteiger partial charge in [-0.05, 0) is 19.3 Å². The summed E-state index contributed by atoms with van der Waals surface area (Å²) in [5.41, 5.74) is 0.845. The summed E-state index contributed by atoms with van der Waals surface area (Å²) in [5.74, 6) is 1.28. The van der Waals surface area contributed by atoms with Gasteiger partial charge in [0.05, 0.1) is 12.7 Å². The fraction of sp³-hybridized carbons (Fsp3) is 0.692. The first kappa shape index (κ1) is 14.7. The molecule has 0 fully saturated rings. The molecule has 1 rings (SSSR count). The second kappa shape index (κ2) is 7.16. The Morgan fingerprint density at radius 2 is 2.11 bits per heavy atom. The molecule has 0 saturated carbocycles. The largest absolute Gasteiger partial charge is 0.478 e. The molecule has 0 aliphatic rings. The predicted molar refractivity (Wildman–Crippen MR) is 71.9 cm³/mol. The van der Waals surface area contributed by atoms with Gasteiger partial charge in [0.1, 0.15) is 0 Å². The van der Waals surface area contributed by atoms with Crippen LogP contribution in [0.4, 0.5) is 5.95 Å². The highest BCUT2D eigenvalue weighted by Crippen LogP contribution is 2.12. The van der Waals surface area contributed by atoms with Gasteiger partial charge in [-0.1, -0.05) is 20.8 Å². The number of nitrogens with zero attached hydrogens (tertiary/aromatic N) is 2. The summed E-state index contributed by atoms with van der Waals surface area (Å²) in [7, 11) is 0. The van der Waals surface area contributed by atoms with E-state index in [1.165, 1.54) is 0 Å². The van der Waals surface area contributed by atoms with Crippen molar-refractivity contribution < 1.29 is 9.84 Å². The molecule has 0 saturated heterocycles. The Morgan fingerprint density at radius 3 is 2.72 bits per heavy atom. The molecule has 1 atom stereocenters. The van der Waals surface area contributed by atoms with E-state index in [1.807, 2.05) is 27.7 Å². The molecule has 0 amide bonds. The third-order valence-electron chi connectivity index (χ3n) is 2.52. The van der Waals surface area contributed by atoms with Crippen molar-refractivity contribution >= 4 is 5.95 Å². The van der Waals surface area contributed by atoms with E-state index in [0.717, 1.165) is 12.1 Å². The number of rotatable bonds is 7. The van der Waals surface area contributed by atoms with Crippen LogP contribution in [0.25, 0.3) is 0 Å². The number of aliphatic hydroxyl groups excluding tert-OH is 1. The fourth-order valence-electron chi connectivity index (χ4n) is 1.33. The molecule has 1 aromatic heterocycles. The van der Waals surface area contributed by atoms with Crippen molar-refractivity contribution in [3.05, 3.63) is 11.8 Å². The first-order valence-corrected chi connectivity index (χ1v) is 6.43. The van der Waals surface area contributed by atoms with Crippen LogP contribution in [-0.4, -0.2) is 34.3 Å². The van der Waals surface area contributed by atoms with Gasteiger partial charge in [0.25, 0.3) is 0 Å². The standard InChI is InChI=1S/C13H23N3O2/c1-5-6-18-12-7-10(4)15-13(16-12)14-8-11(17)9(2)3/h7,9,11,17H,5-6,8H2,1-4H3,(H,14,15,16). The molecule has 2 N–H and O–H groups in total. The number of hydrogen-bond donors (Lipinski definition) is 2. The number of hydrogen-bond acceptors (Lipinski definition) is 5. The predicted octanol–water partition coefficient (Wildman–Crippen LogP) is 2.00. The number of aromatic nitrogens is 2. The summed E-state index contributed by atoms with van der Waals surface area (Å²) >= 11 is 0. The van der Waals surface area contributed by atoms with E-state index in [4.69, 9.17) is 4.74 Å². The lowest BCUT2D eigenvalue weighted by Crippen LogP contribution is -2.25. The van der Waals surface area contributed by atoms with Crippen molar-refractivity contribution in [2.75, 3.05) is 18.5 Å². The van der Waals surface area contributed by atoms with Gasteiger partial charge in [-0.3, -0.25) is 0 Å². The number of ether oxygens (including phenoxy) is 1. The molecule has 1 unspecified atom stereocenters. The maximum atomic E-state index is 9.72. The van der Waals surface area contributed by atoms with Crippen LogP contribution in [0, 0.1) is 12.8 Å². The van der Waals surface area contributed by atoms with E-state index in [-0.39, 0.29) is 5.92 Å². The zero-order chi connectivity index (χ0) is 13.5. The van der Waals surface area contributed by atoms with E-state index in [2.05, 4.69) is 15.3 Å². The average Bonchev–Trinajstić information content (AvgIpc) is 2.32. The van der Waals surface area contributed by atoms with Crippen LogP contribution in [0.15, 0.2) is 6.07 Å². The Bertz CT molecular complexity index is 369. The Hall–Kier alpha value is -1.36. The van der Waals surface area contributed by atoms with Gasteiger partial charge in [0.15, 0.2) is 0 Å². The molecular weight excluding hydrogens is 230 g/mol. The van der Waals surface area contributed by atoms with E-state index >= 15 is 0 Å². The van der Waals surface area contributed by atoms with Crippen molar-refractivity contribution in [1.29, 1.82) is 0 Å². The Balaban J connectivity index is 2.62. The Kier molecular flexibility index (Phi) is 5.85. The minimum Gasteiger partial charge on any atom is -0.478 e. The van der Waals surface area contributed by atoms with Gasteiger partial charge in [-0.2, -0.15) is 4.98 Å². The molecule has 0 bridgehead atoms. The van der Waals surface area contributed by atoms with Gasteiger partial charge in [-0.15, -0.1) is 0 Å². The van der Waals surface area contributed by atoms with Crippen molar-refractivity contribution in [2.45, 2.75) is 40.2 Å². The van der Waals surface area contributed by atoms with E-state index in [1.54, 1.807) is 6.07 Å². The van der Waals surface area contributed by atoms with Gasteiger partial charge < -0.3 is 15.2 Å². The molecule has 0 spiro atoms. The highest BCUT2D eigenvalue weighted by Gasteiger charge is 2.10. The maximum Gasteiger partial charge on any atom is 0.226 e. The summed E-state index contributed by atoms with van der Waals surface area (Å²) in [5, 5.41) is 12.7. The molecule has 0 aromatic carbocycles. The molecule has 1 aromatic rings. The fourth-order valence-corrected chi connectivity index (χ4v) is 1.33. The van der Waals surface area contributed by atoms with Crippen molar-refractivity contribution in [3.8, 4) is 5.88 Å². The summed E-state index contributed by atoms with van der Waals surface area (Å²) in [6.07, 6.45) is 0.534. The van der Waals surface area contributed by atoms with Crippen LogP contribution in [0.3, 0.4) is 0 Å². The highest BCUT2D eigenvalue weighted by atomic mass is 16.5. The van der Waals surface area contributed by atoms with E-state index in [9.17, 15) is 5.11 Å². The van der Waals surface area contributed by atoms with Gasteiger partial charge >= 0.3 is 0 Å². The Morgan fingerprint density at radius 1 is 1.39 bits per heavy atom. The van der Waals surface area contributed by atoms with Crippen LogP contribution in [0.1, 0.15) is 32.9 Å². The number of aliphatic hydroxyl groups is 1. The quantitative estimate of drug-likeness (QED) is 0.778. The summed E-state index contributed by atoms with van der Waals surface area (Å²) in [6, 6.07) is 1.81. The second-order valence-corrected chi connectivity index (χ2v) is 4.71. The van der Waals surface area contributed by atoms with Crippen LogP contribution >= 0.6 is 0 Å². The summed E-state index contributed by atoms with van der Waals surface area (Å²) < 4.78 is 5.48. The SMILES string of the molecule is CCCOc1cc(C)nc(NCC(O)C(C)C)n1. The summed E-state index contributed by atoms with van der Waals surface area (Å²) in [4.78, 5) is 8.51. The lowest BCUT2D eigenvalue weighted by molar-refractivity contribution is 0.137. The Labute approximate surface area is 109 Å². The molecule has 18 heavy (non-hydrogen) atoms. The van der Waals surface area contributed by atoms with E-state index < -0.39 is 6.10 Å². The van der Waals surface area contributed by atoms with Crippen molar-refractivity contribution in [1.82, 2.24) is 9.97 Å². The number of aryl methyl sites for hydroxylation is 1. The molecule has 0 radical (unpaired) electrons. The summed E-state index contributed by atoms with van der Waals surface area (Å²) in [6.45, 7) is 8.97. The lowest BCUT2D eigenvalue weighted by Gasteiger charge is -2.15. The minimum atomic E-state index is -0.408. The third-order valence-corrected chi connectivity index (χ3v) is 2.52. The smallest absolute Gasteiger partial charge is 0.226 e. The van der Waals surface area contributed by atoms with Gasteiger partial charge in [0, 0.05) is 18.3 Å². The molecule has 5 heteroatoms. The third kappa shape index (κ3) is 4.87. The molecule has 0 aliphatic carbocycles. The van der Waals surface area contributed by atoms with Crippen LogP contribution in [0.5, 0.6) is 5.88 Å². The van der Waals surface area contributed by atoms with Gasteiger partial charge in [0.2, 0.25) is 11.8 Å². The molecule has 0 aliphatic heterocycles. The monoisotopic (exact) mass is 253 g/mol. The normalized spacial score (nSPS) is 12.6. The topological polar surface area (TPSA) is 67.3 Å². The van der Waals surface area contributed by atoms with Crippen molar-refractivity contribution in [3.63, 3.8) is 0 Å². The lowest BCUT2D eigenvalue weighted by atomic mass is 10.1. The first-order valence-electron chi connectivity index (χ1n) is 6.43. The number of anilines is 1. The second-order valence-electron chi connectivity index (χ2n) is 4.71. The molecule has 102 valence electrons.